The fourth-order valence-electron chi connectivity index (χ4n) is 1.46. The summed E-state index contributed by atoms with van der Waals surface area (Å²) in [4.78, 5) is 23.6. The van der Waals surface area contributed by atoms with Crippen molar-refractivity contribution in [3.63, 3.8) is 0 Å². The van der Waals surface area contributed by atoms with E-state index in [-0.39, 0.29) is 12.5 Å². The van der Waals surface area contributed by atoms with Gasteiger partial charge in [-0.05, 0) is 11.4 Å². The van der Waals surface area contributed by atoms with Crippen LogP contribution in [0, 0.1) is 0 Å². The molecule has 0 saturated carbocycles. The molecule has 2 aromatic heterocycles. The number of esters is 1. The number of hydrogen-bond acceptors (Lipinski definition) is 6. The number of nitrogen functional groups attached to an aromatic ring is 1. The Bertz CT molecular complexity index is 605. The van der Waals surface area contributed by atoms with Crippen molar-refractivity contribution in [1.29, 1.82) is 0 Å². The Morgan fingerprint density at radius 1 is 1.58 bits per heavy atom. The molecule has 0 aliphatic heterocycles. The number of nitrogens with one attached hydrogen (secondary N) is 1. The first-order valence-corrected chi connectivity index (χ1v) is 6.21. The zero-order valence-electron chi connectivity index (χ0n) is 10.1. The highest BCUT2D eigenvalue weighted by Gasteiger charge is 2.15. The molecule has 0 atom stereocenters. The average molecular weight is 280 g/mol. The first-order valence-electron chi connectivity index (χ1n) is 5.33. The van der Waals surface area contributed by atoms with E-state index in [1.54, 1.807) is 17.6 Å². The van der Waals surface area contributed by atoms with Crippen LogP contribution in [-0.4, -0.2) is 28.8 Å². The summed E-state index contributed by atoms with van der Waals surface area (Å²) in [6.45, 7) is 0.0215. The van der Waals surface area contributed by atoms with Gasteiger partial charge in [-0.15, -0.1) is 11.3 Å². The average Bonchev–Trinajstić information content (AvgIpc) is 2.97. The highest BCUT2D eigenvalue weighted by Crippen LogP contribution is 2.23. The van der Waals surface area contributed by atoms with Crippen LogP contribution >= 0.6 is 11.3 Å². The Balaban J connectivity index is 2.03. The van der Waals surface area contributed by atoms with Crippen LogP contribution in [0.3, 0.4) is 0 Å². The van der Waals surface area contributed by atoms with Crippen LogP contribution in [0.4, 0.5) is 11.4 Å². The third kappa shape index (κ3) is 3.10. The van der Waals surface area contributed by atoms with E-state index < -0.39 is 5.97 Å². The van der Waals surface area contributed by atoms with Crippen molar-refractivity contribution in [1.82, 2.24) is 9.78 Å². The molecular formula is C11H12N4O3S. The van der Waals surface area contributed by atoms with Crippen molar-refractivity contribution >= 4 is 34.6 Å². The number of nitrogens with two attached hydrogens (primary N) is 1. The first kappa shape index (κ1) is 13.1. The molecule has 0 saturated heterocycles. The molecule has 7 nitrogen and oxygen atoms in total. The minimum absolute atomic E-state index is 0.0215. The quantitative estimate of drug-likeness (QED) is 0.812. The fourth-order valence-corrected chi connectivity index (χ4v) is 2.23. The van der Waals surface area contributed by atoms with Gasteiger partial charge in [-0.25, -0.2) is 4.79 Å². The third-order valence-corrected chi connectivity index (χ3v) is 3.16. The molecular weight excluding hydrogens is 268 g/mol. The van der Waals surface area contributed by atoms with Crippen molar-refractivity contribution in [2.75, 3.05) is 18.2 Å². The van der Waals surface area contributed by atoms with E-state index in [0.29, 0.717) is 16.3 Å². The monoisotopic (exact) mass is 280 g/mol. The molecule has 0 bridgehead atoms. The lowest BCUT2D eigenvalue weighted by Gasteiger charge is -2.05. The summed E-state index contributed by atoms with van der Waals surface area (Å²) in [6.07, 6.45) is 3.01. The smallest absolute Gasteiger partial charge is 0.350 e. The van der Waals surface area contributed by atoms with E-state index in [1.165, 1.54) is 29.3 Å². The van der Waals surface area contributed by atoms with Crippen LogP contribution in [-0.2, 0) is 16.1 Å². The lowest BCUT2D eigenvalue weighted by molar-refractivity contribution is -0.116. The molecule has 3 N–H and O–H groups in total. The first-order chi connectivity index (χ1) is 9.10. The minimum Gasteiger partial charge on any atom is -0.465 e. The van der Waals surface area contributed by atoms with E-state index in [2.05, 4.69) is 15.2 Å². The van der Waals surface area contributed by atoms with Crippen LogP contribution in [0.15, 0.2) is 23.8 Å². The maximum absolute atomic E-state index is 11.8. The molecule has 2 heterocycles. The van der Waals surface area contributed by atoms with E-state index >= 15 is 0 Å². The zero-order chi connectivity index (χ0) is 13.8. The molecule has 0 aliphatic carbocycles. The normalized spacial score (nSPS) is 10.2. The van der Waals surface area contributed by atoms with Crippen molar-refractivity contribution in [3.8, 4) is 0 Å². The van der Waals surface area contributed by atoms with Crippen LogP contribution in [0.1, 0.15) is 9.67 Å². The van der Waals surface area contributed by atoms with Crippen LogP contribution in [0.5, 0.6) is 0 Å². The Kier molecular flexibility index (Phi) is 3.81. The molecule has 19 heavy (non-hydrogen) atoms. The highest BCUT2D eigenvalue weighted by molar-refractivity contribution is 7.12. The predicted molar refractivity (Wildman–Crippen MR) is 70.9 cm³/mol. The second-order valence-corrected chi connectivity index (χ2v) is 4.59. The Morgan fingerprint density at radius 2 is 2.37 bits per heavy atom. The van der Waals surface area contributed by atoms with Crippen molar-refractivity contribution < 1.29 is 14.3 Å². The maximum Gasteiger partial charge on any atom is 0.350 e. The fraction of sp³-hybridized carbons (Fsp3) is 0.182. The second-order valence-electron chi connectivity index (χ2n) is 3.67. The highest BCUT2D eigenvalue weighted by atomic mass is 32.1. The molecule has 0 unspecified atom stereocenters. The van der Waals surface area contributed by atoms with Gasteiger partial charge < -0.3 is 15.8 Å². The number of thiophene rings is 1. The predicted octanol–water partition coefficient (Wildman–Crippen LogP) is 0.952. The standard InChI is InChI=1S/C11H12N4O3S/c1-18-11(17)10-8(2-3-19-10)14-9(16)6-15-5-7(12)4-13-15/h2-5H,6,12H2,1H3,(H,14,16). The Morgan fingerprint density at radius 3 is 3.00 bits per heavy atom. The SMILES string of the molecule is COC(=O)c1sccc1NC(=O)Cn1cc(N)cn1. The number of ether oxygens (including phenoxy) is 1. The number of methoxy groups -OCH3 is 1. The van der Waals surface area contributed by atoms with Gasteiger partial charge in [0.25, 0.3) is 0 Å². The number of amides is 1. The Labute approximate surface area is 113 Å². The summed E-state index contributed by atoms with van der Waals surface area (Å²) in [5.74, 6) is -0.778. The van der Waals surface area contributed by atoms with E-state index in [4.69, 9.17) is 5.73 Å². The number of carbonyl (C=O) groups is 2. The van der Waals surface area contributed by atoms with Crippen LogP contribution in [0.2, 0.25) is 0 Å². The van der Waals surface area contributed by atoms with Gasteiger partial charge in [0, 0.05) is 6.20 Å². The summed E-state index contributed by atoms with van der Waals surface area (Å²) in [5.41, 5.74) is 6.41. The number of rotatable bonds is 4. The molecule has 0 radical (unpaired) electrons. The number of aromatic nitrogens is 2. The molecule has 0 fully saturated rings. The van der Waals surface area contributed by atoms with Gasteiger partial charge >= 0.3 is 5.97 Å². The molecule has 8 heteroatoms. The summed E-state index contributed by atoms with van der Waals surface area (Å²) >= 11 is 1.20. The van der Waals surface area contributed by atoms with E-state index in [9.17, 15) is 9.59 Å². The van der Waals surface area contributed by atoms with Crippen LogP contribution < -0.4 is 11.1 Å². The van der Waals surface area contributed by atoms with Gasteiger partial charge in [0.05, 0.1) is 24.7 Å². The van der Waals surface area contributed by atoms with Gasteiger partial charge in [0.1, 0.15) is 11.4 Å². The lowest BCUT2D eigenvalue weighted by atomic mass is 10.3. The van der Waals surface area contributed by atoms with Crippen molar-refractivity contribution in [3.05, 3.63) is 28.7 Å². The number of carbonyl (C=O) groups excluding carboxylic acids is 2. The molecule has 1 amide bonds. The number of nitrogens with zero attached hydrogens (tertiary/aromatic N) is 2. The molecule has 2 aromatic rings. The van der Waals surface area contributed by atoms with E-state index in [0.717, 1.165) is 0 Å². The van der Waals surface area contributed by atoms with Crippen molar-refractivity contribution in [2.45, 2.75) is 6.54 Å². The Hall–Kier alpha value is -2.35. The molecule has 0 aromatic carbocycles. The largest absolute Gasteiger partial charge is 0.465 e. The summed E-state index contributed by atoms with van der Waals surface area (Å²) in [5, 5.41) is 8.24. The lowest BCUT2D eigenvalue weighted by Crippen LogP contribution is -2.20. The van der Waals surface area contributed by atoms with Crippen molar-refractivity contribution in [2.24, 2.45) is 0 Å². The maximum atomic E-state index is 11.8. The zero-order valence-corrected chi connectivity index (χ0v) is 10.9. The molecule has 0 aliphatic rings. The third-order valence-electron chi connectivity index (χ3n) is 2.27. The van der Waals surface area contributed by atoms with Crippen LogP contribution in [0.25, 0.3) is 0 Å². The number of hydrogen-bond donors (Lipinski definition) is 2. The van der Waals surface area contributed by atoms with Gasteiger partial charge in [-0.3, -0.25) is 9.48 Å². The molecule has 0 spiro atoms. The number of anilines is 2. The molecule has 2 rings (SSSR count). The minimum atomic E-state index is -0.478. The molecule has 100 valence electrons. The van der Waals surface area contributed by atoms with Gasteiger partial charge in [0.2, 0.25) is 5.91 Å². The second kappa shape index (κ2) is 5.53. The van der Waals surface area contributed by atoms with Gasteiger partial charge in [-0.2, -0.15) is 5.10 Å². The summed E-state index contributed by atoms with van der Waals surface area (Å²) in [6, 6.07) is 1.65. The summed E-state index contributed by atoms with van der Waals surface area (Å²) < 4.78 is 6.04. The summed E-state index contributed by atoms with van der Waals surface area (Å²) in [7, 11) is 1.29. The van der Waals surface area contributed by atoms with Gasteiger partial charge in [-0.1, -0.05) is 0 Å². The van der Waals surface area contributed by atoms with Gasteiger partial charge in [0.15, 0.2) is 0 Å². The topological polar surface area (TPSA) is 99.2 Å². The van der Waals surface area contributed by atoms with E-state index in [1.807, 2.05) is 0 Å².